The lowest BCUT2D eigenvalue weighted by Crippen LogP contribution is -2.35. The van der Waals surface area contributed by atoms with Crippen LogP contribution in [0.15, 0.2) is 48.5 Å². The lowest BCUT2D eigenvalue weighted by atomic mass is 9.94. The van der Waals surface area contributed by atoms with E-state index in [1.165, 1.54) is 42.5 Å². The summed E-state index contributed by atoms with van der Waals surface area (Å²) >= 11 is 0. The molecule has 0 saturated carbocycles. The molecule has 7 heteroatoms. The Morgan fingerprint density at radius 2 is 1.45 bits per heavy atom. The molecule has 0 aliphatic rings. The molecule has 3 N–H and O–H groups in total. The Balaban J connectivity index is 2.60. The minimum Gasteiger partial charge on any atom is -0.351 e. The third-order valence-electron chi connectivity index (χ3n) is 2.93. The first kappa shape index (κ1) is 15.6. The van der Waals surface area contributed by atoms with Gasteiger partial charge in [-0.3, -0.25) is 10.1 Å². The average Bonchev–Trinajstić information content (AvgIpc) is 2.45. The van der Waals surface area contributed by atoms with Crippen molar-refractivity contribution in [1.82, 2.24) is 5.32 Å². The smallest absolute Gasteiger partial charge is 0.351 e. The molecule has 2 aromatic rings. The van der Waals surface area contributed by atoms with E-state index in [0.717, 1.165) is 6.07 Å². The number of amides is 3. The number of nitrogens with two attached hydrogens (primary N) is 1. The number of hydrogen-bond acceptors (Lipinski definition) is 2. The number of carbonyl (C=O) groups is 2. The molecule has 2 rings (SSSR count). The molecule has 0 aromatic heterocycles. The molecule has 0 bridgehead atoms. The summed E-state index contributed by atoms with van der Waals surface area (Å²) in [5.74, 6) is -0.861. The molecule has 0 saturated heterocycles. The van der Waals surface area contributed by atoms with E-state index >= 15 is 0 Å². The molecule has 22 heavy (non-hydrogen) atoms. The zero-order chi connectivity index (χ0) is 16.3. The summed E-state index contributed by atoms with van der Waals surface area (Å²) in [6, 6.07) is 9.49. The predicted octanol–water partition coefficient (Wildman–Crippen LogP) is 3.18. The maximum absolute atomic E-state index is 13.1. The predicted molar refractivity (Wildman–Crippen MR) is 73.9 cm³/mol. The van der Waals surface area contributed by atoms with Crippen LogP contribution in [0, 0.1) is 0 Å². The van der Waals surface area contributed by atoms with Crippen LogP contribution in [0.3, 0.4) is 0 Å². The van der Waals surface area contributed by atoms with E-state index in [-0.39, 0.29) is 16.7 Å². The molecule has 0 heterocycles. The number of halogens is 3. The highest BCUT2D eigenvalue weighted by molar-refractivity contribution is 6.07. The monoisotopic (exact) mass is 308 g/mol. The molecule has 0 aliphatic heterocycles. The number of hydrogen-bond donors (Lipinski definition) is 2. The van der Waals surface area contributed by atoms with Crippen LogP contribution in [0.25, 0.3) is 11.1 Å². The highest BCUT2D eigenvalue weighted by Gasteiger charge is 2.34. The number of alkyl halides is 3. The Morgan fingerprint density at radius 1 is 0.909 bits per heavy atom. The standard InChI is InChI=1S/C15H11F3N2O2/c16-15(17,18)12-8-4-3-6-10(12)9-5-1-2-7-11(9)13(21)20-14(19)22/h1-8H,(H3,19,20,21,22). The number of benzene rings is 2. The van der Waals surface area contributed by atoms with Gasteiger partial charge in [-0.05, 0) is 23.3 Å². The maximum atomic E-state index is 13.1. The van der Waals surface area contributed by atoms with Gasteiger partial charge < -0.3 is 5.73 Å². The number of urea groups is 1. The minimum atomic E-state index is -4.57. The van der Waals surface area contributed by atoms with Crippen LogP contribution >= 0.6 is 0 Å². The second-order valence-electron chi connectivity index (χ2n) is 4.41. The Bertz CT molecular complexity index is 727. The summed E-state index contributed by atoms with van der Waals surface area (Å²) in [5, 5.41) is 1.85. The molecule has 0 aliphatic carbocycles. The molecular weight excluding hydrogens is 297 g/mol. The highest BCUT2D eigenvalue weighted by atomic mass is 19.4. The summed E-state index contributed by atoms with van der Waals surface area (Å²) in [5.41, 5.74) is 3.85. The Hall–Kier alpha value is -2.83. The zero-order valence-corrected chi connectivity index (χ0v) is 11.1. The van der Waals surface area contributed by atoms with Crippen molar-refractivity contribution in [3.05, 3.63) is 59.7 Å². The Labute approximate surface area is 123 Å². The third-order valence-corrected chi connectivity index (χ3v) is 2.93. The van der Waals surface area contributed by atoms with E-state index in [9.17, 15) is 22.8 Å². The van der Waals surface area contributed by atoms with Crippen molar-refractivity contribution >= 4 is 11.9 Å². The van der Waals surface area contributed by atoms with E-state index < -0.39 is 23.7 Å². The van der Waals surface area contributed by atoms with E-state index in [4.69, 9.17) is 5.73 Å². The average molecular weight is 308 g/mol. The van der Waals surface area contributed by atoms with Crippen molar-refractivity contribution in [3.8, 4) is 11.1 Å². The van der Waals surface area contributed by atoms with E-state index in [2.05, 4.69) is 0 Å². The third kappa shape index (κ3) is 3.25. The fourth-order valence-corrected chi connectivity index (χ4v) is 2.06. The van der Waals surface area contributed by atoms with E-state index in [1.807, 2.05) is 5.32 Å². The molecule has 114 valence electrons. The van der Waals surface area contributed by atoms with Gasteiger partial charge in [0.25, 0.3) is 5.91 Å². The van der Waals surface area contributed by atoms with Gasteiger partial charge in [-0.1, -0.05) is 36.4 Å². The zero-order valence-electron chi connectivity index (χ0n) is 11.1. The number of carbonyl (C=O) groups excluding carboxylic acids is 2. The number of primary amides is 1. The van der Waals surface area contributed by atoms with E-state index in [1.54, 1.807) is 0 Å². The topological polar surface area (TPSA) is 72.2 Å². The van der Waals surface area contributed by atoms with Crippen LogP contribution in [0.4, 0.5) is 18.0 Å². The molecule has 4 nitrogen and oxygen atoms in total. The van der Waals surface area contributed by atoms with Gasteiger partial charge in [0, 0.05) is 5.56 Å². The quantitative estimate of drug-likeness (QED) is 0.894. The van der Waals surface area contributed by atoms with Crippen LogP contribution in [0.1, 0.15) is 15.9 Å². The van der Waals surface area contributed by atoms with Crippen LogP contribution in [-0.2, 0) is 6.18 Å². The first-order valence-corrected chi connectivity index (χ1v) is 6.17. The second-order valence-corrected chi connectivity index (χ2v) is 4.41. The van der Waals surface area contributed by atoms with Gasteiger partial charge in [0.05, 0.1) is 5.56 Å². The largest absolute Gasteiger partial charge is 0.417 e. The van der Waals surface area contributed by atoms with E-state index in [0.29, 0.717) is 0 Å². The van der Waals surface area contributed by atoms with Crippen LogP contribution < -0.4 is 11.1 Å². The second kappa shape index (κ2) is 5.88. The van der Waals surface area contributed by atoms with Crippen LogP contribution in [0.2, 0.25) is 0 Å². The molecule has 3 amide bonds. The van der Waals surface area contributed by atoms with Gasteiger partial charge in [0.15, 0.2) is 0 Å². The SMILES string of the molecule is NC(=O)NC(=O)c1ccccc1-c1ccccc1C(F)(F)F. The fraction of sp³-hybridized carbons (Fsp3) is 0.0667. The lowest BCUT2D eigenvalue weighted by molar-refractivity contribution is -0.137. The Kier molecular flexibility index (Phi) is 4.16. The Morgan fingerprint density at radius 3 is 2.05 bits per heavy atom. The summed E-state index contributed by atoms with van der Waals surface area (Å²) < 4.78 is 39.3. The molecular formula is C15H11F3N2O2. The molecule has 0 unspecified atom stereocenters. The van der Waals surface area contributed by atoms with Gasteiger partial charge in [-0.15, -0.1) is 0 Å². The van der Waals surface area contributed by atoms with Crippen molar-refractivity contribution in [2.24, 2.45) is 5.73 Å². The first-order valence-electron chi connectivity index (χ1n) is 6.17. The molecule has 0 atom stereocenters. The molecule has 2 aromatic carbocycles. The van der Waals surface area contributed by atoms with Crippen molar-refractivity contribution in [3.63, 3.8) is 0 Å². The summed E-state index contributed by atoms with van der Waals surface area (Å²) in [7, 11) is 0. The normalized spacial score (nSPS) is 11.0. The van der Waals surface area contributed by atoms with Gasteiger partial charge in [0.2, 0.25) is 0 Å². The summed E-state index contributed by atoms with van der Waals surface area (Å²) in [6.45, 7) is 0. The maximum Gasteiger partial charge on any atom is 0.417 e. The number of nitrogens with one attached hydrogen (secondary N) is 1. The van der Waals surface area contributed by atoms with Crippen LogP contribution in [0.5, 0.6) is 0 Å². The lowest BCUT2D eigenvalue weighted by Gasteiger charge is -2.15. The van der Waals surface area contributed by atoms with Crippen LogP contribution in [-0.4, -0.2) is 11.9 Å². The van der Waals surface area contributed by atoms with Gasteiger partial charge >= 0.3 is 12.2 Å². The molecule has 0 radical (unpaired) electrons. The number of imide groups is 1. The molecule has 0 fully saturated rings. The highest BCUT2D eigenvalue weighted by Crippen LogP contribution is 2.37. The summed E-state index contributed by atoms with van der Waals surface area (Å²) in [6.07, 6.45) is -4.57. The van der Waals surface area contributed by atoms with Crippen molar-refractivity contribution in [2.75, 3.05) is 0 Å². The van der Waals surface area contributed by atoms with Crippen molar-refractivity contribution in [2.45, 2.75) is 6.18 Å². The first-order chi connectivity index (χ1) is 10.3. The van der Waals surface area contributed by atoms with Gasteiger partial charge in [-0.25, -0.2) is 4.79 Å². The van der Waals surface area contributed by atoms with Gasteiger partial charge in [0.1, 0.15) is 0 Å². The summed E-state index contributed by atoms with van der Waals surface area (Å²) in [4.78, 5) is 22.7. The van der Waals surface area contributed by atoms with Gasteiger partial charge in [-0.2, -0.15) is 13.2 Å². The minimum absolute atomic E-state index is 0.0641. The fourth-order valence-electron chi connectivity index (χ4n) is 2.06. The van der Waals surface area contributed by atoms with Crippen molar-refractivity contribution in [1.29, 1.82) is 0 Å². The number of rotatable bonds is 2. The molecule has 0 spiro atoms. The van der Waals surface area contributed by atoms with Crippen molar-refractivity contribution < 1.29 is 22.8 Å².